The van der Waals surface area contributed by atoms with Crippen molar-refractivity contribution in [3.8, 4) is 34.5 Å². The van der Waals surface area contributed by atoms with Gasteiger partial charge in [0.15, 0.2) is 34.5 Å². The summed E-state index contributed by atoms with van der Waals surface area (Å²) < 4.78 is 16.3. The van der Waals surface area contributed by atoms with Crippen molar-refractivity contribution in [2.75, 3.05) is 21.3 Å². The number of phenols is 3. The van der Waals surface area contributed by atoms with Crippen LogP contribution in [-0.2, 0) is 0 Å². The number of fused-ring (bicyclic) bond motifs is 3. The van der Waals surface area contributed by atoms with Crippen LogP contribution in [0.15, 0.2) is 36.4 Å². The van der Waals surface area contributed by atoms with Crippen LogP contribution in [0.3, 0.4) is 0 Å². The third-order valence-corrected chi connectivity index (χ3v) is 6.95. The molecule has 3 aromatic rings. The van der Waals surface area contributed by atoms with Crippen LogP contribution in [0.5, 0.6) is 34.5 Å². The van der Waals surface area contributed by atoms with Gasteiger partial charge < -0.3 is 29.5 Å². The minimum absolute atomic E-state index is 0.0553. The Kier molecular flexibility index (Phi) is 5.78. The highest BCUT2D eigenvalue weighted by Gasteiger charge is 2.31. The van der Waals surface area contributed by atoms with Gasteiger partial charge in [-0.3, -0.25) is 0 Å². The highest BCUT2D eigenvalue weighted by atomic mass is 16.5. The summed E-state index contributed by atoms with van der Waals surface area (Å²) >= 11 is 0. The average molecular weight is 451 g/mol. The van der Waals surface area contributed by atoms with Gasteiger partial charge in [-0.15, -0.1) is 0 Å². The summed E-state index contributed by atoms with van der Waals surface area (Å²) in [5.74, 6) is 1.02. The third-order valence-electron chi connectivity index (χ3n) is 6.95. The summed E-state index contributed by atoms with van der Waals surface area (Å²) in [5.41, 5.74) is 5.75. The molecule has 3 unspecified atom stereocenters. The smallest absolute Gasteiger partial charge is 0.160 e. The molecular weight excluding hydrogens is 420 g/mol. The third kappa shape index (κ3) is 3.59. The summed E-state index contributed by atoms with van der Waals surface area (Å²) in [6.45, 7) is 6.23. The van der Waals surface area contributed by atoms with Crippen LogP contribution in [0.4, 0.5) is 0 Å². The van der Waals surface area contributed by atoms with Gasteiger partial charge in [0.1, 0.15) is 0 Å². The molecule has 3 aromatic carbocycles. The molecule has 0 spiro atoms. The quantitative estimate of drug-likeness (QED) is 0.482. The molecule has 1 aliphatic carbocycles. The van der Waals surface area contributed by atoms with Crippen LogP contribution >= 0.6 is 0 Å². The number of methoxy groups -OCH3 is 3. The van der Waals surface area contributed by atoms with Crippen molar-refractivity contribution in [1.82, 2.24) is 0 Å². The predicted octanol–water partition coefficient (Wildman–Crippen LogP) is 5.60. The molecule has 4 rings (SSSR count). The van der Waals surface area contributed by atoms with E-state index in [4.69, 9.17) is 14.2 Å². The number of aromatic hydroxyl groups is 3. The van der Waals surface area contributed by atoms with E-state index >= 15 is 0 Å². The topological polar surface area (TPSA) is 88.4 Å². The fourth-order valence-electron chi connectivity index (χ4n) is 5.04. The first-order chi connectivity index (χ1) is 15.7. The molecule has 0 aromatic heterocycles. The first-order valence-corrected chi connectivity index (χ1v) is 10.9. The molecule has 0 saturated carbocycles. The van der Waals surface area contributed by atoms with Crippen LogP contribution in [0.1, 0.15) is 71.9 Å². The maximum atomic E-state index is 10.6. The van der Waals surface area contributed by atoms with Gasteiger partial charge in [0, 0.05) is 17.8 Å². The van der Waals surface area contributed by atoms with Gasteiger partial charge >= 0.3 is 0 Å². The number of phenolic OH excluding ortho intramolecular Hbond substituents is 3. The summed E-state index contributed by atoms with van der Waals surface area (Å²) in [6.07, 6.45) is 0. The minimum atomic E-state index is -0.140. The Balaban J connectivity index is 2.13. The zero-order chi connectivity index (χ0) is 24.0. The van der Waals surface area contributed by atoms with E-state index in [0.717, 1.165) is 33.4 Å². The summed E-state index contributed by atoms with van der Waals surface area (Å²) in [7, 11) is 4.59. The highest BCUT2D eigenvalue weighted by Crippen LogP contribution is 2.49. The lowest BCUT2D eigenvalue weighted by molar-refractivity contribution is 0.371. The predicted molar refractivity (Wildman–Crippen MR) is 127 cm³/mol. The van der Waals surface area contributed by atoms with Crippen molar-refractivity contribution in [3.05, 3.63) is 69.8 Å². The second-order valence-corrected chi connectivity index (χ2v) is 8.62. The standard InChI is InChI=1S/C27H30O6/c1-13-16-7-22(28)25(31-4)10-19(16)14(2)18-9-24(30)27(33-6)12-21(18)15(3)20-11-26(32-5)23(29)8-17(13)20/h7-15,28-30H,1-6H3. The van der Waals surface area contributed by atoms with Crippen LogP contribution in [0.25, 0.3) is 0 Å². The highest BCUT2D eigenvalue weighted by molar-refractivity contribution is 5.61. The number of hydrogen-bond donors (Lipinski definition) is 3. The van der Waals surface area contributed by atoms with E-state index < -0.39 is 0 Å². The molecule has 3 atom stereocenters. The Hall–Kier alpha value is -3.54. The molecule has 0 radical (unpaired) electrons. The normalized spacial score (nSPS) is 19.3. The van der Waals surface area contributed by atoms with Gasteiger partial charge in [0.2, 0.25) is 0 Å². The van der Waals surface area contributed by atoms with Gasteiger partial charge in [0.25, 0.3) is 0 Å². The molecule has 33 heavy (non-hydrogen) atoms. The van der Waals surface area contributed by atoms with Gasteiger partial charge in [-0.25, -0.2) is 0 Å². The average Bonchev–Trinajstić information content (AvgIpc) is 2.83. The van der Waals surface area contributed by atoms with E-state index in [9.17, 15) is 15.3 Å². The molecule has 174 valence electrons. The molecule has 6 heteroatoms. The minimum Gasteiger partial charge on any atom is -0.504 e. The van der Waals surface area contributed by atoms with Gasteiger partial charge in [-0.1, -0.05) is 20.8 Å². The van der Waals surface area contributed by atoms with Gasteiger partial charge in [0.05, 0.1) is 21.3 Å². The number of rotatable bonds is 3. The zero-order valence-electron chi connectivity index (χ0n) is 19.8. The second-order valence-electron chi connectivity index (χ2n) is 8.62. The van der Waals surface area contributed by atoms with Crippen molar-refractivity contribution in [1.29, 1.82) is 0 Å². The van der Waals surface area contributed by atoms with Crippen molar-refractivity contribution in [2.24, 2.45) is 0 Å². The zero-order valence-corrected chi connectivity index (χ0v) is 19.8. The Morgan fingerprint density at radius 3 is 0.879 bits per heavy atom. The first kappa shape index (κ1) is 22.6. The van der Waals surface area contributed by atoms with E-state index in [1.54, 1.807) is 18.2 Å². The van der Waals surface area contributed by atoms with Crippen LogP contribution in [-0.4, -0.2) is 36.6 Å². The van der Waals surface area contributed by atoms with Crippen molar-refractivity contribution in [3.63, 3.8) is 0 Å². The van der Waals surface area contributed by atoms with E-state index in [2.05, 4.69) is 20.8 Å². The maximum absolute atomic E-state index is 10.6. The van der Waals surface area contributed by atoms with E-state index in [-0.39, 0.29) is 35.0 Å². The van der Waals surface area contributed by atoms with Crippen LogP contribution in [0, 0.1) is 0 Å². The molecule has 0 heterocycles. The fraction of sp³-hybridized carbons (Fsp3) is 0.333. The molecule has 0 saturated heterocycles. The second kappa shape index (κ2) is 8.43. The lowest BCUT2D eigenvalue weighted by Crippen LogP contribution is -2.07. The fourth-order valence-corrected chi connectivity index (χ4v) is 5.04. The van der Waals surface area contributed by atoms with Crippen molar-refractivity contribution < 1.29 is 29.5 Å². The van der Waals surface area contributed by atoms with Gasteiger partial charge in [-0.05, 0) is 69.8 Å². The molecule has 0 aliphatic heterocycles. The monoisotopic (exact) mass is 450 g/mol. The van der Waals surface area contributed by atoms with Crippen LogP contribution < -0.4 is 14.2 Å². The maximum Gasteiger partial charge on any atom is 0.160 e. The lowest BCUT2D eigenvalue weighted by atomic mass is 9.82. The van der Waals surface area contributed by atoms with Crippen molar-refractivity contribution >= 4 is 0 Å². The van der Waals surface area contributed by atoms with E-state index in [1.165, 1.54) is 21.3 Å². The van der Waals surface area contributed by atoms with E-state index in [1.807, 2.05) is 18.2 Å². The van der Waals surface area contributed by atoms with E-state index in [0.29, 0.717) is 17.2 Å². The molecule has 1 aliphatic rings. The molecule has 0 fully saturated rings. The Morgan fingerprint density at radius 1 is 0.455 bits per heavy atom. The Labute approximate surface area is 194 Å². The summed E-state index contributed by atoms with van der Waals surface area (Å²) in [5, 5.41) is 31.8. The lowest BCUT2D eigenvalue weighted by Gasteiger charge is -2.24. The summed E-state index contributed by atoms with van der Waals surface area (Å²) in [6, 6.07) is 10.8. The molecule has 3 N–H and O–H groups in total. The first-order valence-electron chi connectivity index (χ1n) is 10.9. The largest absolute Gasteiger partial charge is 0.504 e. The molecule has 6 nitrogen and oxygen atoms in total. The van der Waals surface area contributed by atoms with Crippen LogP contribution in [0.2, 0.25) is 0 Å². The van der Waals surface area contributed by atoms with Crippen molar-refractivity contribution in [2.45, 2.75) is 38.5 Å². The Morgan fingerprint density at radius 2 is 0.667 bits per heavy atom. The summed E-state index contributed by atoms with van der Waals surface area (Å²) in [4.78, 5) is 0. The number of hydrogen-bond acceptors (Lipinski definition) is 6. The molecule has 0 amide bonds. The number of benzene rings is 3. The Bertz CT molecular complexity index is 1220. The number of ether oxygens (including phenoxy) is 3. The SMILES string of the molecule is COc1cc2c(cc1O)C(C)c1cc(O)c(OC)cc1C(C)c1cc(OC)c(O)cc1C2C. The molecule has 0 bridgehead atoms. The van der Waals surface area contributed by atoms with Gasteiger partial charge in [-0.2, -0.15) is 0 Å². The molecular formula is C27H30O6.